The van der Waals surface area contributed by atoms with E-state index in [0.29, 0.717) is 5.41 Å². The van der Waals surface area contributed by atoms with E-state index in [2.05, 4.69) is 38.1 Å². The molecular formula is C17H27NO. The molecule has 1 aliphatic rings. The second kappa shape index (κ2) is 5.64. The lowest BCUT2D eigenvalue weighted by Crippen LogP contribution is -2.53. The Morgan fingerprint density at radius 3 is 2.21 bits per heavy atom. The van der Waals surface area contributed by atoms with Gasteiger partial charge in [0, 0.05) is 13.2 Å². The third kappa shape index (κ3) is 3.37. The number of ether oxygens (including phenoxy) is 1. The van der Waals surface area contributed by atoms with Crippen LogP contribution in [-0.2, 0) is 11.2 Å². The summed E-state index contributed by atoms with van der Waals surface area (Å²) in [5, 5.41) is 0. The van der Waals surface area contributed by atoms with Crippen LogP contribution in [0, 0.1) is 5.41 Å². The minimum atomic E-state index is -0.134. The number of benzene rings is 1. The van der Waals surface area contributed by atoms with E-state index in [4.69, 9.17) is 10.5 Å². The van der Waals surface area contributed by atoms with E-state index >= 15 is 0 Å². The van der Waals surface area contributed by atoms with Crippen LogP contribution in [-0.4, -0.2) is 18.8 Å². The van der Waals surface area contributed by atoms with Gasteiger partial charge in [-0.25, -0.2) is 0 Å². The van der Waals surface area contributed by atoms with Crippen molar-refractivity contribution in [1.29, 1.82) is 0 Å². The molecule has 106 valence electrons. The number of hydrogen-bond donors (Lipinski definition) is 1. The molecule has 0 saturated heterocycles. The Bertz CT molecular complexity index is 389. The van der Waals surface area contributed by atoms with E-state index in [1.54, 1.807) is 0 Å². The summed E-state index contributed by atoms with van der Waals surface area (Å²) in [6.07, 6.45) is 5.44. The highest BCUT2D eigenvalue weighted by atomic mass is 16.5. The molecule has 1 aromatic rings. The van der Waals surface area contributed by atoms with Crippen LogP contribution in [0.3, 0.4) is 0 Å². The standard InChI is InChI=1S/C17H27NO/c1-16(2)9-11-17(19-3,12-10-16)15(18)13-14-7-5-4-6-8-14/h4-8,15H,9-13,18H2,1-3H3. The Kier molecular flexibility index (Phi) is 4.32. The minimum absolute atomic E-state index is 0.0796. The Hall–Kier alpha value is -0.860. The Morgan fingerprint density at radius 1 is 1.11 bits per heavy atom. The quantitative estimate of drug-likeness (QED) is 0.899. The number of nitrogens with two attached hydrogens (primary N) is 1. The van der Waals surface area contributed by atoms with Gasteiger partial charge in [-0.05, 0) is 43.1 Å². The van der Waals surface area contributed by atoms with E-state index in [1.807, 2.05) is 13.2 Å². The van der Waals surface area contributed by atoms with Crippen molar-refractivity contribution in [1.82, 2.24) is 0 Å². The van der Waals surface area contributed by atoms with Crippen molar-refractivity contribution >= 4 is 0 Å². The maximum atomic E-state index is 6.49. The molecule has 19 heavy (non-hydrogen) atoms. The number of hydrogen-bond acceptors (Lipinski definition) is 2. The summed E-state index contributed by atoms with van der Waals surface area (Å²) in [4.78, 5) is 0. The van der Waals surface area contributed by atoms with Crippen LogP contribution in [0.2, 0.25) is 0 Å². The Labute approximate surface area is 117 Å². The molecule has 0 bridgehead atoms. The molecule has 1 fully saturated rings. The van der Waals surface area contributed by atoms with Gasteiger partial charge in [-0.2, -0.15) is 0 Å². The van der Waals surface area contributed by atoms with E-state index < -0.39 is 0 Å². The predicted molar refractivity (Wildman–Crippen MR) is 80.1 cm³/mol. The van der Waals surface area contributed by atoms with Gasteiger partial charge in [-0.15, -0.1) is 0 Å². The van der Waals surface area contributed by atoms with Gasteiger partial charge in [-0.3, -0.25) is 0 Å². The molecule has 2 heteroatoms. The van der Waals surface area contributed by atoms with Gasteiger partial charge in [0.05, 0.1) is 5.60 Å². The average molecular weight is 261 g/mol. The first kappa shape index (κ1) is 14.5. The highest BCUT2D eigenvalue weighted by Crippen LogP contribution is 2.43. The zero-order valence-corrected chi connectivity index (χ0v) is 12.5. The van der Waals surface area contributed by atoms with Crippen LogP contribution < -0.4 is 5.73 Å². The largest absolute Gasteiger partial charge is 0.377 e. The van der Waals surface area contributed by atoms with E-state index in [0.717, 1.165) is 19.3 Å². The van der Waals surface area contributed by atoms with Crippen molar-refractivity contribution in [2.24, 2.45) is 11.1 Å². The van der Waals surface area contributed by atoms with Crippen LogP contribution in [0.4, 0.5) is 0 Å². The second-order valence-electron chi connectivity index (χ2n) is 6.73. The summed E-state index contributed by atoms with van der Waals surface area (Å²) in [6.45, 7) is 4.69. The lowest BCUT2D eigenvalue weighted by Gasteiger charge is -2.46. The van der Waals surface area contributed by atoms with Crippen molar-refractivity contribution in [3.05, 3.63) is 35.9 Å². The monoisotopic (exact) mass is 261 g/mol. The third-order valence-corrected chi connectivity index (χ3v) is 4.83. The Morgan fingerprint density at radius 2 is 1.68 bits per heavy atom. The molecule has 1 aliphatic carbocycles. The molecule has 1 unspecified atom stereocenters. The van der Waals surface area contributed by atoms with Gasteiger partial charge < -0.3 is 10.5 Å². The van der Waals surface area contributed by atoms with E-state index in [-0.39, 0.29) is 11.6 Å². The van der Waals surface area contributed by atoms with Crippen molar-refractivity contribution in [2.45, 2.75) is 57.6 Å². The zero-order valence-electron chi connectivity index (χ0n) is 12.5. The van der Waals surface area contributed by atoms with Crippen LogP contribution >= 0.6 is 0 Å². The van der Waals surface area contributed by atoms with Gasteiger partial charge in [0.1, 0.15) is 0 Å². The highest BCUT2D eigenvalue weighted by Gasteiger charge is 2.42. The molecule has 2 N–H and O–H groups in total. The minimum Gasteiger partial charge on any atom is -0.377 e. The lowest BCUT2D eigenvalue weighted by atomic mass is 9.68. The molecule has 0 spiro atoms. The first-order valence-electron chi connectivity index (χ1n) is 7.32. The number of methoxy groups -OCH3 is 1. The van der Waals surface area contributed by atoms with Crippen LogP contribution in [0.25, 0.3) is 0 Å². The first-order chi connectivity index (χ1) is 8.97. The topological polar surface area (TPSA) is 35.2 Å². The van der Waals surface area contributed by atoms with Gasteiger partial charge in [0.2, 0.25) is 0 Å². The van der Waals surface area contributed by atoms with Gasteiger partial charge in [0.25, 0.3) is 0 Å². The highest BCUT2D eigenvalue weighted by molar-refractivity contribution is 5.17. The Balaban J connectivity index is 2.05. The molecular weight excluding hydrogens is 234 g/mol. The first-order valence-corrected chi connectivity index (χ1v) is 7.32. The molecule has 1 aromatic carbocycles. The fourth-order valence-electron chi connectivity index (χ4n) is 3.13. The summed E-state index contributed by atoms with van der Waals surface area (Å²) >= 11 is 0. The molecule has 0 aliphatic heterocycles. The van der Waals surface area contributed by atoms with Gasteiger partial charge in [0.15, 0.2) is 0 Å². The summed E-state index contributed by atoms with van der Waals surface area (Å²) in [5.74, 6) is 0. The maximum Gasteiger partial charge on any atom is 0.0832 e. The summed E-state index contributed by atoms with van der Waals surface area (Å²) in [5.41, 5.74) is 8.10. The molecule has 0 radical (unpaired) electrons. The van der Waals surface area contributed by atoms with Crippen molar-refractivity contribution in [2.75, 3.05) is 7.11 Å². The third-order valence-electron chi connectivity index (χ3n) is 4.83. The molecule has 1 atom stereocenters. The van der Waals surface area contributed by atoms with Gasteiger partial charge >= 0.3 is 0 Å². The fourth-order valence-corrected chi connectivity index (χ4v) is 3.13. The zero-order chi connectivity index (χ0) is 13.9. The molecule has 1 saturated carbocycles. The van der Waals surface area contributed by atoms with Crippen molar-refractivity contribution in [3.8, 4) is 0 Å². The fraction of sp³-hybridized carbons (Fsp3) is 0.647. The van der Waals surface area contributed by atoms with Crippen molar-refractivity contribution in [3.63, 3.8) is 0 Å². The predicted octanol–water partition coefficient (Wildman–Crippen LogP) is 3.54. The number of rotatable bonds is 4. The van der Waals surface area contributed by atoms with Crippen LogP contribution in [0.15, 0.2) is 30.3 Å². The molecule has 2 rings (SSSR count). The second-order valence-corrected chi connectivity index (χ2v) is 6.73. The van der Waals surface area contributed by atoms with E-state index in [1.165, 1.54) is 18.4 Å². The average Bonchev–Trinajstić information content (AvgIpc) is 2.40. The maximum absolute atomic E-state index is 6.49. The molecule has 2 nitrogen and oxygen atoms in total. The lowest BCUT2D eigenvalue weighted by molar-refractivity contribution is -0.0781. The summed E-state index contributed by atoms with van der Waals surface area (Å²) < 4.78 is 5.88. The molecule has 0 aromatic heterocycles. The molecule has 0 heterocycles. The van der Waals surface area contributed by atoms with Crippen molar-refractivity contribution < 1.29 is 4.74 Å². The smallest absolute Gasteiger partial charge is 0.0832 e. The summed E-state index contributed by atoms with van der Waals surface area (Å²) in [7, 11) is 1.82. The normalized spacial score (nSPS) is 22.9. The SMILES string of the molecule is COC1(C(N)Cc2ccccc2)CCC(C)(C)CC1. The van der Waals surface area contributed by atoms with Crippen LogP contribution in [0.5, 0.6) is 0 Å². The van der Waals surface area contributed by atoms with E-state index in [9.17, 15) is 0 Å². The van der Waals surface area contributed by atoms with Crippen LogP contribution in [0.1, 0.15) is 45.1 Å². The van der Waals surface area contributed by atoms with Gasteiger partial charge in [-0.1, -0.05) is 44.2 Å². The summed E-state index contributed by atoms with van der Waals surface area (Å²) in [6, 6.07) is 10.6. The molecule has 0 amide bonds.